The Kier molecular flexibility index (Phi) is 5.51. The van der Waals surface area contributed by atoms with Crippen molar-refractivity contribution in [3.63, 3.8) is 0 Å². The molecule has 0 aliphatic carbocycles. The Balaban J connectivity index is 1.48. The molecule has 2 amide bonds. The summed E-state index contributed by atoms with van der Waals surface area (Å²) >= 11 is 0. The molecule has 0 aromatic heterocycles. The molecular formula is C20H22FN3O2. The third kappa shape index (κ3) is 4.20. The quantitative estimate of drug-likeness (QED) is 0.915. The van der Waals surface area contributed by atoms with Crippen molar-refractivity contribution in [2.75, 3.05) is 37.6 Å². The molecule has 0 bridgehead atoms. The van der Waals surface area contributed by atoms with E-state index < -0.39 is 0 Å². The van der Waals surface area contributed by atoms with Crippen molar-refractivity contribution in [1.82, 2.24) is 10.2 Å². The average Bonchev–Trinajstić information content (AvgIpc) is 2.67. The second kappa shape index (κ2) is 7.99. The number of hydrogen-bond donors (Lipinski definition) is 1. The van der Waals surface area contributed by atoms with Crippen molar-refractivity contribution in [3.8, 4) is 0 Å². The van der Waals surface area contributed by atoms with E-state index in [4.69, 9.17) is 0 Å². The zero-order valence-corrected chi connectivity index (χ0v) is 14.7. The lowest BCUT2D eigenvalue weighted by molar-refractivity contribution is -0.130. The molecular weight excluding hydrogens is 333 g/mol. The summed E-state index contributed by atoms with van der Waals surface area (Å²) in [5.41, 5.74) is 2.17. The Bertz CT molecular complexity index is 784. The standard InChI is InChI=1S/C20H22FN3O2/c1-15-6-8-16(9-7-15)20(26)22-14-19(25)24-12-10-23(11-13-24)18-5-3-2-4-17(18)21/h2-9H,10-14H2,1H3,(H,22,26). The number of nitrogens with one attached hydrogen (secondary N) is 1. The molecule has 2 aromatic carbocycles. The molecule has 2 aromatic rings. The van der Waals surface area contributed by atoms with Gasteiger partial charge in [-0.1, -0.05) is 29.8 Å². The minimum Gasteiger partial charge on any atom is -0.366 e. The molecule has 0 radical (unpaired) electrons. The Morgan fingerprint density at radius 2 is 1.65 bits per heavy atom. The predicted octanol–water partition coefficient (Wildman–Crippen LogP) is 2.21. The molecule has 3 rings (SSSR count). The predicted molar refractivity (Wildman–Crippen MR) is 98.7 cm³/mol. The van der Waals surface area contributed by atoms with Gasteiger partial charge in [0.05, 0.1) is 12.2 Å². The summed E-state index contributed by atoms with van der Waals surface area (Å²) in [4.78, 5) is 28.0. The van der Waals surface area contributed by atoms with Crippen molar-refractivity contribution in [3.05, 3.63) is 65.5 Å². The van der Waals surface area contributed by atoms with Crippen LogP contribution in [0, 0.1) is 12.7 Å². The van der Waals surface area contributed by atoms with Crippen LogP contribution in [0.2, 0.25) is 0 Å². The lowest BCUT2D eigenvalue weighted by atomic mass is 10.1. The van der Waals surface area contributed by atoms with Gasteiger partial charge in [0, 0.05) is 31.7 Å². The first-order valence-electron chi connectivity index (χ1n) is 8.67. The number of amides is 2. The summed E-state index contributed by atoms with van der Waals surface area (Å²) in [5.74, 6) is -0.639. The van der Waals surface area contributed by atoms with E-state index in [1.807, 2.05) is 24.0 Å². The Hall–Kier alpha value is -2.89. The molecule has 5 nitrogen and oxygen atoms in total. The van der Waals surface area contributed by atoms with Gasteiger partial charge in [-0.05, 0) is 31.2 Å². The highest BCUT2D eigenvalue weighted by molar-refractivity contribution is 5.96. The van der Waals surface area contributed by atoms with E-state index in [1.54, 1.807) is 35.2 Å². The summed E-state index contributed by atoms with van der Waals surface area (Å²) in [7, 11) is 0. The van der Waals surface area contributed by atoms with E-state index >= 15 is 0 Å². The van der Waals surface area contributed by atoms with Gasteiger partial charge in [0.1, 0.15) is 5.82 Å². The number of halogens is 1. The van der Waals surface area contributed by atoms with Crippen LogP contribution in [0.3, 0.4) is 0 Å². The Morgan fingerprint density at radius 1 is 1.00 bits per heavy atom. The number of anilines is 1. The van der Waals surface area contributed by atoms with Crippen molar-refractivity contribution in [1.29, 1.82) is 0 Å². The van der Waals surface area contributed by atoms with Crippen LogP contribution >= 0.6 is 0 Å². The van der Waals surface area contributed by atoms with Gasteiger partial charge in [-0.25, -0.2) is 4.39 Å². The first-order chi connectivity index (χ1) is 12.5. The zero-order chi connectivity index (χ0) is 18.5. The maximum Gasteiger partial charge on any atom is 0.251 e. The number of carbonyl (C=O) groups excluding carboxylic acids is 2. The van der Waals surface area contributed by atoms with Gasteiger partial charge in [0.15, 0.2) is 0 Å². The van der Waals surface area contributed by atoms with Crippen LogP contribution in [0.25, 0.3) is 0 Å². The maximum absolute atomic E-state index is 13.9. The smallest absolute Gasteiger partial charge is 0.251 e. The van der Waals surface area contributed by atoms with Crippen LogP contribution in [0.15, 0.2) is 48.5 Å². The van der Waals surface area contributed by atoms with Crippen LogP contribution in [0.4, 0.5) is 10.1 Å². The van der Waals surface area contributed by atoms with Gasteiger partial charge >= 0.3 is 0 Å². The van der Waals surface area contributed by atoms with Crippen molar-refractivity contribution in [2.45, 2.75) is 6.92 Å². The van der Waals surface area contributed by atoms with Crippen molar-refractivity contribution >= 4 is 17.5 Å². The number of nitrogens with zero attached hydrogens (tertiary/aromatic N) is 2. The van der Waals surface area contributed by atoms with E-state index in [2.05, 4.69) is 5.32 Å². The van der Waals surface area contributed by atoms with Gasteiger partial charge in [-0.2, -0.15) is 0 Å². The highest BCUT2D eigenvalue weighted by atomic mass is 19.1. The third-order valence-electron chi connectivity index (χ3n) is 4.54. The first-order valence-corrected chi connectivity index (χ1v) is 8.67. The molecule has 0 unspecified atom stereocenters. The number of rotatable bonds is 4. The molecule has 136 valence electrons. The lowest BCUT2D eigenvalue weighted by Gasteiger charge is -2.36. The molecule has 0 atom stereocenters. The molecule has 1 saturated heterocycles. The van der Waals surface area contributed by atoms with E-state index in [9.17, 15) is 14.0 Å². The Labute approximate surface area is 152 Å². The van der Waals surface area contributed by atoms with E-state index in [1.165, 1.54) is 6.07 Å². The summed E-state index contributed by atoms with van der Waals surface area (Å²) in [6, 6.07) is 13.8. The Morgan fingerprint density at radius 3 is 2.31 bits per heavy atom. The number of aryl methyl sites for hydroxylation is 1. The molecule has 1 heterocycles. The maximum atomic E-state index is 13.9. The molecule has 0 saturated carbocycles. The number of piperazine rings is 1. The molecule has 0 spiro atoms. The normalized spacial score (nSPS) is 14.2. The molecule has 1 aliphatic rings. The minimum absolute atomic E-state index is 0.0353. The van der Waals surface area contributed by atoms with Crippen LogP contribution in [0.5, 0.6) is 0 Å². The highest BCUT2D eigenvalue weighted by Gasteiger charge is 2.22. The van der Waals surface area contributed by atoms with Crippen LogP contribution in [-0.4, -0.2) is 49.4 Å². The van der Waals surface area contributed by atoms with Gasteiger partial charge in [-0.15, -0.1) is 0 Å². The fourth-order valence-electron chi connectivity index (χ4n) is 2.98. The van der Waals surface area contributed by atoms with Crippen LogP contribution < -0.4 is 10.2 Å². The average molecular weight is 355 g/mol. The van der Waals surface area contributed by atoms with Crippen LogP contribution in [-0.2, 0) is 4.79 Å². The first kappa shape index (κ1) is 17.9. The van der Waals surface area contributed by atoms with Crippen molar-refractivity contribution < 1.29 is 14.0 Å². The number of hydrogen-bond acceptors (Lipinski definition) is 3. The van der Waals surface area contributed by atoms with Crippen LogP contribution in [0.1, 0.15) is 15.9 Å². The van der Waals surface area contributed by atoms with E-state index in [0.29, 0.717) is 37.4 Å². The van der Waals surface area contributed by atoms with Crippen molar-refractivity contribution in [2.24, 2.45) is 0 Å². The fourth-order valence-corrected chi connectivity index (χ4v) is 2.98. The fraction of sp³-hybridized carbons (Fsp3) is 0.300. The molecule has 1 N–H and O–H groups in total. The number of benzene rings is 2. The second-order valence-corrected chi connectivity index (χ2v) is 6.37. The summed E-state index contributed by atoms with van der Waals surface area (Å²) < 4.78 is 13.9. The molecule has 1 fully saturated rings. The topological polar surface area (TPSA) is 52.7 Å². The molecule has 26 heavy (non-hydrogen) atoms. The minimum atomic E-state index is -0.261. The van der Waals surface area contributed by atoms with Gasteiger partial charge in [0.25, 0.3) is 5.91 Å². The number of carbonyl (C=O) groups is 2. The number of para-hydroxylation sites is 1. The van der Waals surface area contributed by atoms with E-state index in [-0.39, 0.29) is 24.2 Å². The summed E-state index contributed by atoms with van der Waals surface area (Å²) in [6.45, 7) is 4.07. The SMILES string of the molecule is Cc1ccc(C(=O)NCC(=O)N2CCN(c3ccccc3F)CC2)cc1. The van der Waals surface area contributed by atoms with Gasteiger partial charge in [-0.3, -0.25) is 9.59 Å². The summed E-state index contributed by atoms with van der Waals surface area (Å²) in [6.07, 6.45) is 0. The second-order valence-electron chi connectivity index (χ2n) is 6.37. The monoisotopic (exact) mass is 355 g/mol. The molecule has 6 heteroatoms. The van der Waals surface area contributed by atoms with Gasteiger partial charge < -0.3 is 15.1 Å². The zero-order valence-electron chi connectivity index (χ0n) is 14.7. The third-order valence-corrected chi connectivity index (χ3v) is 4.54. The van der Waals surface area contributed by atoms with Gasteiger partial charge in [0.2, 0.25) is 5.91 Å². The summed E-state index contributed by atoms with van der Waals surface area (Å²) in [5, 5.41) is 2.66. The highest BCUT2D eigenvalue weighted by Crippen LogP contribution is 2.20. The van der Waals surface area contributed by atoms with E-state index in [0.717, 1.165) is 5.56 Å². The largest absolute Gasteiger partial charge is 0.366 e. The lowest BCUT2D eigenvalue weighted by Crippen LogP contribution is -2.51. The molecule has 1 aliphatic heterocycles.